The minimum absolute atomic E-state index is 0.0459. The Balaban J connectivity index is 3.11. The lowest BCUT2D eigenvalue weighted by atomic mass is 9.99. The summed E-state index contributed by atoms with van der Waals surface area (Å²) in [5.74, 6) is 0. The Morgan fingerprint density at radius 2 is 2.08 bits per heavy atom. The van der Waals surface area contributed by atoms with Crippen LogP contribution >= 0.6 is 0 Å². The fourth-order valence-corrected chi connectivity index (χ4v) is 1.43. The smallest absolute Gasteiger partial charge is 0.247 e. The molecule has 0 aliphatic heterocycles. The molecule has 1 aromatic rings. The van der Waals surface area contributed by atoms with Gasteiger partial charge in [-0.2, -0.15) is 0 Å². The summed E-state index contributed by atoms with van der Waals surface area (Å²) in [6.07, 6.45) is 0.0459. The zero-order chi connectivity index (χ0) is 9.84. The highest BCUT2D eigenvalue weighted by atomic mass is 28.2. The summed E-state index contributed by atoms with van der Waals surface area (Å²) in [6, 6.07) is 8.12. The molecule has 0 N–H and O–H groups in total. The van der Waals surface area contributed by atoms with E-state index in [-0.39, 0.29) is 6.10 Å². The Labute approximate surface area is 83.0 Å². The first-order valence-corrected chi connectivity index (χ1v) is 4.65. The van der Waals surface area contributed by atoms with Crippen LogP contribution in [0.5, 0.6) is 0 Å². The van der Waals surface area contributed by atoms with Gasteiger partial charge in [0, 0.05) is 0 Å². The van der Waals surface area contributed by atoms with E-state index in [2.05, 4.69) is 29.2 Å². The molecule has 1 unspecified atom stereocenters. The topological polar surface area (TPSA) is 9.23 Å². The van der Waals surface area contributed by atoms with Crippen LogP contribution in [0.4, 0.5) is 0 Å². The second kappa shape index (κ2) is 4.39. The van der Waals surface area contributed by atoms with Crippen LogP contribution in [-0.2, 0) is 4.43 Å². The lowest BCUT2D eigenvalue weighted by Gasteiger charge is -2.14. The van der Waals surface area contributed by atoms with Gasteiger partial charge in [0.2, 0.25) is 10.5 Å². The first kappa shape index (κ1) is 10.2. The van der Waals surface area contributed by atoms with Gasteiger partial charge >= 0.3 is 0 Å². The predicted molar refractivity (Wildman–Crippen MR) is 56.4 cm³/mol. The van der Waals surface area contributed by atoms with E-state index in [0.717, 1.165) is 16.7 Å². The molecule has 0 fully saturated rings. The van der Waals surface area contributed by atoms with E-state index in [4.69, 9.17) is 4.43 Å². The molecule has 0 bridgehead atoms. The zero-order valence-electron chi connectivity index (χ0n) is 8.00. The molecule has 13 heavy (non-hydrogen) atoms. The van der Waals surface area contributed by atoms with Gasteiger partial charge in [-0.15, -0.1) is 0 Å². The first-order chi connectivity index (χ1) is 6.16. The van der Waals surface area contributed by atoms with Gasteiger partial charge in [-0.1, -0.05) is 36.4 Å². The number of allylic oxidation sites excluding steroid dienone is 1. The van der Waals surface area contributed by atoms with Crippen LogP contribution in [0.2, 0.25) is 0 Å². The molecule has 0 spiro atoms. The molecule has 0 heterocycles. The Bertz CT molecular complexity index is 307. The maximum Gasteiger partial charge on any atom is 0.247 e. The van der Waals surface area contributed by atoms with Gasteiger partial charge in [-0.3, -0.25) is 0 Å². The summed E-state index contributed by atoms with van der Waals surface area (Å²) in [5.41, 5.74) is 3.38. The maximum atomic E-state index is 5.09. The van der Waals surface area contributed by atoms with Crippen molar-refractivity contribution in [2.24, 2.45) is 0 Å². The van der Waals surface area contributed by atoms with Crippen LogP contribution in [0.15, 0.2) is 30.8 Å². The normalized spacial score (nSPS) is 12.5. The van der Waals surface area contributed by atoms with Gasteiger partial charge in [-0.25, -0.2) is 0 Å². The molecule has 0 aliphatic carbocycles. The van der Waals surface area contributed by atoms with Gasteiger partial charge in [0.15, 0.2) is 0 Å². The lowest BCUT2D eigenvalue weighted by Crippen LogP contribution is -2.00. The van der Waals surface area contributed by atoms with E-state index >= 15 is 0 Å². The molecule has 67 valence electrons. The second-order valence-electron chi connectivity index (χ2n) is 3.13. The van der Waals surface area contributed by atoms with Gasteiger partial charge in [0.05, 0.1) is 6.10 Å². The molecule has 0 aliphatic rings. The van der Waals surface area contributed by atoms with Crippen molar-refractivity contribution in [1.29, 1.82) is 0 Å². The molecule has 1 rings (SSSR count). The number of hydrogen-bond donors (Lipinski definition) is 0. The van der Waals surface area contributed by atoms with Crippen molar-refractivity contribution < 1.29 is 4.43 Å². The van der Waals surface area contributed by atoms with Crippen molar-refractivity contribution in [3.05, 3.63) is 42.0 Å². The maximum absolute atomic E-state index is 5.09. The van der Waals surface area contributed by atoms with Gasteiger partial charge in [0.1, 0.15) is 0 Å². The highest BCUT2D eigenvalue weighted by Gasteiger charge is 2.08. The van der Waals surface area contributed by atoms with Crippen LogP contribution in [0, 0.1) is 0 Å². The average molecular weight is 189 g/mol. The zero-order valence-corrected chi connectivity index (χ0v) is 9.00. The largest absolute Gasteiger partial charge is 0.412 e. The molecule has 1 atom stereocenters. The minimum Gasteiger partial charge on any atom is -0.412 e. The molecular weight excluding hydrogens is 176 g/mol. The molecule has 3 radical (unpaired) electrons. The fourth-order valence-electron chi connectivity index (χ4n) is 1.30. The number of benzene rings is 1. The molecule has 1 aromatic carbocycles. The van der Waals surface area contributed by atoms with Crippen molar-refractivity contribution in [2.75, 3.05) is 0 Å². The SMILES string of the molecule is C=C(C)c1ccccc1C(C)O[Si]. The Morgan fingerprint density at radius 1 is 1.46 bits per heavy atom. The highest BCUT2D eigenvalue weighted by molar-refractivity contribution is 5.98. The highest BCUT2D eigenvalue weighted by Crippen LogP contribution is 2.24. The number of rotatable bonds is 3. The van der Waals surface area contributed by atoms with E-state index < -0.39 is 0 Å². The molecule has 0 aromatic heterocycles. The van der Waals surface area contributed by atoms with Crippen molar-refractivity contribution >= 4 is 16.1 Å². The standard InChI is InChI=1S/C11H13OSi/c1-8(2)10-6-4-5-7-11(10)9(3)12-13/h4-7,9H,1H2,2-3H3. The third-order valence-corrected chi connectivity index (χ3v) is 2.39. The molecule has 0 saturated heterocycles. The third-order valence-electron chi connectivity index (χ3n) is 2.04. The van der Waals surface area contributed by atoms with E-state index in [1.54, 1.807) is 0 Å². The monoisotopic (exact) mass is 189 g/mol. The van der Waals surface area contributed by atoms with Crippen LogP contribution in [0.25, 0.3) is 5.57 Å². The first-order valence-electron chi connectivity index (χ1n) is 4.24. The van der Waals surface area contributed by atoms with Crippen LogP contribution in [-0.4, -0.2) is 10.5 Å². The van der Waals surface area contributed by atoms with Gasteiger partial charge < -0.3 is 4.43 Å². The van der Waals surface area contributed by atoms with E-state index in [0.29, 0.717) is 0 Å². The average Bonchev–Trinajstić information content (AvgIpc) is 2.16. The molecular formula is C11H13OSi. The van der Waals surface area contributed by atoms with E-state index in [1.165, 1.54) is 0 Å². The predicted octanol–water partition coefficient (Wildman–Crippen LogP) is 2.88. The van der Waals surface area contributed by atoms with Crippen molar-refractivity contribution in [2.45, 2.75) is 20.0 Å². The summed E-state index contributed by atoms with van der Waals surface area (Å²) < 4.78 is 5.09. The molecule has 0 amide bonds. The second-order valence-corrected chi connectivity index (χ2v) is 3.36. The number of hydrogen-bond acceptors (Lipinski definition) is 1. The summed E-state index contributed by atoms with van der Waals surface area (Å²) in [7, 11) is 3.05. The van der Waals surface area contributed by atoms with Gasteiger partial charge in [0.25, 0.3) is 0 Å². The van der Waals surface area contributed by atoms with Crippen molar-refractivity contribution in [1.82, 2.24) is 0 Å². The summed E-state index contributed by atoms with van der Waals surface area (Å²) >= 11 is 0. The van der Waals surface area contributed by atoms with E-state index in [1.807, 2.05) is 26.0 Å². The lowest BCUT2D eigenvalue weighted by molar-refractivity contribution is 0.250. The Hall–Kier alpha value is -0.863. The summed E-state index contributed by atoms with van der Waals surface area (Å²) in [4.78, 5) is 0. The van der Waals surface area contributed by atoms with Gasteiger partial charge in [-0.05, 0) is 25.0 Å². The fraction of sp³-hybridized carbons (Fsp3) is 0.273. The Morgan fingerprint density at radius 3 is 2.62 bits per heavy atom. The quantitative estimate of drug-likeness (QED) is 0.664. The molecule has 1 nitrogen and oxygen atoms in total. The van der Waals surface area contributed by atoms with Crippen LogP contribution in [0.1, 0.15) is 31.1 Å². The minimum atomic E-state index is 0.0459. The molecule has 2 heteroatoms. The Kier molecular flexibility index (Phi) is 3.45. The molecule has 0 saturated carbocycles. The van der Waals surface area contributed by atoms with Crippen LogP contribution < -0.4 is 0 Å². The summed E-state index contributed by atoms with van der Waals surface area (Å²) in [6.45, 7) is 7.93. The summed E-state index contributed by atoms with van der Waals surface area (Å²) in [5, 5.41) is 0. The third kappa shape index (κ3) is 2.29. The van der Waals surface area contributed by atoms with E-state index in [9.17, 15) is 0 Å². The van der Waals surface area contributed by atoms with Crippen molar-refractivity contribution in [3.63, 3.8) is 0 Å². The van der Waals surface area contributed by atoms with Crippen molar-refractivity contribution in [3.8, 4) is 0 Å². The van der Waals surface area contributed by atoms with Crippen LogP contribution in [0.3, 0.4) is 0 Å².